The first kappa shape index (κ1) is 11.9. The molecule has 3 atom stereocenters. The molecule has 0 N–H and O–H groups in total. The predicted octanol–water partition coefficient (Wildman–Crippen LogP) is 0.674. The van der Waals surface area contributed by atoms with E-state index < -0.39 is 9.84 Å². The Morgan fingerprint density at radius 2 is 1.76 bits per heavy atom. The van der Waals surface area contributed by atoms with E-state index in [9.17, 15) is 8.42 Å². The van der Waals surface area contributed by atoms with Gasteiger partial charge in [-0.05, 0) is 18.8 Å². The molecule has 3 fully saturated rings. The fourth-order valence-corrected chi connectivity index (χ4v) is 6.34. The molecule has 98 valence electrons. The van der Waals surface area contributed by atoms with Gasteiger partial charge in [-0.2, -0.15) is 0 Å². The van der Waals surface area contributed by atoms with Gasteiger partial charge in [0, 0.05) is 19.1 Å². The van der Waals surface area contributed by atoms with Crippen LogP contribution in [0.5, 0.6) is 0 Å². The molecule has 2 aliphatic heterocycles. The Kier molecular flexibility index (Phi) is 3.17. The van der Waals surface area contributed by atoms with Crippen LogP contribution in [0.1, 0.15) is 25.7 Å². The molecule has 2 saturated heterocycles. The minimum absolute atomic E-state index is 0.0379. The first-order valence-corrected chi connectivity index (χ1v) is 8.43. The van der Waals surface area contributed by atoms with Gasteiger partial charge in [-0.1, -0.05) is 12.8 Å². The van der Waals surface area contributed by atoms with Crippen molar-refractivity contribution in [1.29, 1.82) is 0 Å². The SMILES string of the molecule is O=S1(=O)CC(N2CCOCC2)C2CCCCC21. The van der Waals surface area contributed by atoms with E-state index in [0.717, 1.165) is 45.6 Å². The summed E-state index contributed by atoms with van der Waals surface area (Å²) in [4.78, 5) is 2.36. The average molecular weight is 259 g/mol. The maximum absolute atomic E-state index is 12.2. The van der Waals surface area contributed by atoms with Crippen molar-refractivity contribution in [2.45, 2.75) is 37.0 Å². The van der Waals surface area contributed by atoms with Crippen LogP contribution in [0, 0.1) is 5.92 Å². The van der Waals surface area contributed by atoms with Crippen molar-refractivity contribution in [2.75, 3.05) is 32.1 Å². The van der Waals surface area contributed by atoms with Crippen molar-refractivity contribution >= 4 is 9.84 Å². The third-order valence-corrected chi connectivity index (χ3v) is 6.94. The van der Waals surface area contributed by atoms with Gasteiger partial charge in [0.25, 0.3) is 0 Å². The molecule has 0 spiro atoms. The third kappa shape index (κ3) is 2.13. The summed E-state index contributed by atoms with van der Waals surface area (Å²) < 4.78 is 29.7. The largest absolute Gasteiger partial charge is 0.379 e. The summed E-state index contributed by atoms with van der Waals surface area (Å²) in [6.07, 6.45) is 4.30. The quantitative estimate of drug-likeness (QED) is 0.694. The normalized spacial score (nSPS) is 42.2. The van der Waals surface area contributed by atoms with E-state index in [1.807, 2.05) is 0 Å². The smallest absolute Gasteiger partial charge is 0.155 e. The Labute approximate surface area is 103 Å². The molecule has 0 radical (unpaired) electrons. The molecule has 3 rings (SSSR count). The highest BCUT2D eigenvalue weighted by atomic mass is 32.2. The molecule has 0 bridgehead atoms. The van der Waals surface area contributed by atoms with Gasteiger partial charge in [0.05, 0.1) is 24.2 Å². The number of morpholine rings is 1. The molecular weight excluding hydrogens is 238 g/mol. The van der Waals surface area contributed by atoms with Gasteiger partial charge < -0.3 is 4.74 Å². The monoisotopic (exact) mass is 259 g/mol. The summed E-state index contributed by atoms with van der Waals surface area (Å²) in [6.45, 7) is 3.33. The minimum Gasteiger partial charge on any atom is -0.379 e. The minimum atomic E-state index is -2.83. The zero-order valence-corrected chi connectivity index (χ0v) is 11.0. The highest BCUT2D eigenvalue weighted by Crippen LogP contribution is 2.40. The molecule has 2 heterocycles. The molecule has 0 aromatic rings. The number of fused-ring (bicyclic) bond motifs is 1. The van der Waals surface area contributed by atoms with Crippen LogP contribution in [0.2, 0.25) is 0 Å². The summed E-state index contributed by atoms with van der Waals surface area (Å²) in [6, 6.07) is 0.272. The molecular formula is C12H21NO3S. The summed E-state index contributed by atoms with van der Waals surface area (Å²) in [5.74, 6) is 0.786. The summed E-state index contributed by atoms with van der Waals surface area (Å²) in [5, 5.41) is -0.0379. The molecule has 4 nitrogen and oxygen atoms in total. The first-order valence-electron chi connectivity index (χ1n) is 6.72. The number of nitrogens with zero attached hydrogens (tertiary/aromatic N) is 1. The van der Waals surface area contributed by atoms with Crippen LogP contribution in [0.3, 0.4) is 0 Å². The maximum atomic E-state index is 12.2. The molecule has 0 aromatic carbocycles. The Morgan fingerprint density at radius 3 is 2.53 bits per heavy atom. The van der Waals surface area contributed by atoms with Crippen LogP contribution in [-0.2, 0) is 14.6 Å². The van der Waals surface area contributed by atoms with E-state index >= 15 is 0 Å². The molecule has 3 unspecified atom stereocenters. The van der Waals surface area contributed by atoms with Gasteiger partial charge in [0.1, 0.15) is 0 Å². The number of hydrogen-bond acceptors (Lipinski definition) is 4. The van der Waals surface area contributed by atoms with E-state index in [0.29, 0.717) is 11.7 Å². The van der Waals surface area contributed by atoms with Crippen LogP contribution in [0.4, 0.5) is 0 Å². The highest BCUT2D eigenvalue weighted by molar-refractivity contribution is 7.92. The van der Waals surface area contributed by atoms with Gasteiger partial charge in [-0.3, -0.25) is 4.90 Å². The van der Waals surface area contributed by atoms with Crippen molar-refractivity contribution < 1.29 is 13.2 Å². The van der Waals surface area contributed by atoms with Crippen molar-refractivity contribution in [3.63, 3.8) is 0 Å². The molecule has 0 amide bonds. The second-order valence-electron chi connectivity index (χ2n) is 5.53. The standard InChI is InChI=1S/C12H21NO3S/c14-17(15)9-11(13-5-7-16-8-6-13)10-3-1-2-4-12(10)17/h10-12H,1-9H2. The van der Waals surface area contributed by atoms with Crippen LogP contribution < -0.4 is 0 Å². The zero-order valence-electron chi connectivity index (χ0n) is 10.2. The Morgan fingerprint density at radius 1 is 1.06 bits per heavy atom. The number of ether oxygens (including phenoxy) is 1. The van der Waals surface area contributed by atoms with Crippen molar-refractivity contribution in [3.05, 3.63) is 0 Å². The lowest BCUT2D eigenvalue weighted by Crippen LogP contribution is -2.47. The van der Waals surface area contributed by atoms with Gasteiger partial charge in [-0.25, -0.2) is 8.42 Å². The lowest BCUT2D eigenvalue weighted by atomic mass is 9.83. The summed E-state index contributed by atoms with van der Waals surface area (Å²) in [5.41, 5.74) is 0. The van der Waals surface area contributed by atoms with E-state index in [1.54, 1.807) is 0 Å². The Hall–Kier alpha value is -0.130. The highest BCUT2D eigenvalue weighted by Gasteiger charge is 2.49. The second-order valence-corrected chi connectivity index (χ2v) is 7.80. The molecule has 3 aliphatic rings. The zero-order chi connectivity index (χ0) is 11.9. The van der Waals surface area contributed by atoms with Crippen LogP contribution in [-0.4, -0.2) is 56.7 Å². The lowest BCUT2D eigenvalue weighted by molar-refractivity contribution is 0.00767. The van der Waals surface area contributed by atoms with Crippen LogP contribution >= 0.6 is 0 Å². The van der Waals surface area contributed by atoms with Crippen molar-refractivity contribution in [2.24, 2.45) is 5.92 Å². The molecule has 1 saturated carbocycles. The maximum Gasteiger partial charge on any atom is 0.155 e. The van der Waals surface area contributed by atoms with Gasteiger partial charge in [0.15, 0.2) is 9.84 Å². The fourth-order valence-electron chi connectivity index (χ4n) is 3.78. The van der Waals surface area contributed by atoms with Gasteiger partial charge in [-0.15, -0.1) is 0 Å². The number of rotatable bonds is 1. The van der Waals surface area contributed by atoms with E-state index in [-0.39, 0.29) is 11.3 Å². The lowest BCUT2D eigenvalue weighted by Gasteiger charge is -2.37. The van der Waals surface area contributed by atoms with E-state index in [2.05, 4.69) is 4.90 Å². The van der Waals surface area contributed by atoms with Crippen LogP contribution in [0.25, 0.3) is 0 Å². The van der Waals surface area contributed by atoms with Crippen LogP contribution in [0.15, 0.2) is 0 Å². The van der Waals surface area contributed by atoms with Crippen molar-refractivity contribution in [3.8, 4) is 0 Å². The van der Waals surface area contributed by atoms with E-state index in [1.165, 1.54) is 6.42 Å². The van der Waals surface area contributed by atoms with Gasteiger partial charge >= 0.3 is 0 Å². The molecule has 17 heavy (non-hydrogen) atoms. The second kappa shape index (κ2) is 4.52. The average Bonchev–Trinajstić information content (AvgIpc) is 2.64. The molecule has 5 heteroatoms. The molecule has 0 aromatic heterocycles. The summed E-state index contributed by atoms with van der Waals surface area (Å²) in [7, 11) is -2.83. The van der Waals surface area contributed by atoms with Crippen molar-refractivity contribution in [1.82, 2.24) is 4.90 Å². The van der Waals surface area contributed by atoms with Gasteiger partial charge in [0.2, 0.25) is 0 Å². The summed E-state index contributed by atoms with van der Waals surface area (Å²) >= 11 is 0. The molecule has 1 aliphatic carbocycles. The van der Waals surface area contributed by atoms with E-state index in [4.69, 9.17) is 4.74 Å². The third-order valence-electron chi connectivity index (χ3n) is 4.63. The first-order chi connectivity index (χ1) is 8.18. The number of sulfone groups is 1. The topological polar surface area (TPSA) is 46.6 Å². The Balaban J connectivity index is 1.80. The Bertz CT molecular complexity index is 375. The fraction of sp³-hybridized carbons (Fsp3) is 1.00. The predicted molar refractivity (Wildman–Crippen MR) is 65.7 cm³/mol. The number of hydrogen-bond donors (Lipinski definition) is 0.